The fourth-order valence-electron chi connectivity index (χ4n) is 2.73. The Balaban J connectivity index is 1.55. The van der Waals surface area contributed by atoms with Gasteiger partial charge in [0.05, 0.1) is 6.04 Å². The van der Waals surface area contributed by atoms with E-state index < -0.39 is 12.1 Å². The predicted octanol–water partition coefficient (Wildman–Crippen LogP) is 1.93. The number of carbonyl (C=O) groups excluding carboxylic acids is 2. The molecular weight excluding hydrogens is 372 g/mol. The van der Waals surface area contributed by atoms with Crippen LogP contribution in [0, 0.1) is 0 Å². The monoisotopic (exact) mass is 394 g/mol. The van der Waals surface area contributed by atoms with Crippen molar-refractivity contribution < 1.29 is 14.3 Å². The van der Waals surface area contributed by atoms with E-state index in [4.69, 9.17) is 4.74 Å². The van der Waals surface area contributed by atoms with Crippen molar-refractivity contribution >= 4 is 11.9 Å². The lowest BCUT2D eigenvalue weighted by Crippen LogP contribution is -2.42. The number of hydrogen-bond donors (Lipinski definition) is 1. The van der Waals surface area contributed by atoms with Gasteiger partial charge in [-0.2, -0.15) is 0 Å². The molecule has 9 heteroatoms. The first kappa shape index (κ1) is 20.1. The molecule has 0 aliphatic heterocycles. The Morgan fingerprint density at radius 2 is 1.93 bits per heavy atom. The highest BCUT2D eigenvalue weighted by Crippen LogP contribution is 2.06. The second-order valence-electron chi connectivity index (χ2n) is 6.42. The van der Waals surface area contributed by atoms with E-state index in [0.29, 0.717) is 18.7 Å². The molecule has 1 aromatic carbocycles. The molecule has 0 fully saturated rings. The van der Waals surface area contributed by atoms with Gasteiger partial charge in [0.2, 0.25) is 0 Å². The second kappa shape index (κ2) is 10.1. The molecule has 1 atom stereocenters. The van der Waals surface area contributed by atoms with Gasteiger partial charge in [-0.25, -0.2) is 9.48 Å². The average Bonchev–Trinajstić information content (AvgIpc) is 3.18. The fourth-order valence-corrected chi connectivity index (χ4v) is 2.73. The maximum atomic E-state index is 12.7. The van der Waals surface area contributed by atoms with E-state index in [0.717, 1.165) is 11.1 Å². The lowest BCUT2D eigenvalue weighted by Gasteiger charge is -2.16. The van der Waals surface area contributed by atoms with Crippen molar-refractivity contribution in [1.82, 2.24) is 30.5 Å². The molecule has 0 aliphatic carbocycles. The highest BCUT2D eigenvalue weighted by molar-refractivity contribution is 5.87. The molecule has 1 N–H and O–H groups in total. The SMILES string of the molecule is CCC(NC(=O)OCc1ccccc1)C(=O)Cn1nnnc1Cc1cccnc1. The lowest BCUT2D eigenvalue weighted by atomic mass is 10.1. The van der Waals surface area contributed by atoms with Crippen LogP contribution in [0.1, 0.15) is 30.3 Å². The van der Waals surface area contributed by atoms with Gasteiger partial charge in [0.25, 0.3) is 0 Å². The zero-order chi connectivity index (χ0) is 20.5. The number of carbonyl (C=O) groups is 2. The molecule has 3 rings (SSSR count). The van der Waals surface area contributed by atoms with E-state index in [1.165, 1.54) is 4.68 Å². The molecule has 0 saturated carbocycles. The minimum atomic E-state index is -0.686. The van der Waals surface area contributed by atoms with Crippen LogP contribution in [0.15, 0.2) is 54.9 Å². The third-order valence-electron chi connectivity index (χ3n) is 4.30. The van der Waals surface area contributed by atoms with Crippen molar-refractivity contribution in [3.05, 3.63) is 71.8 Å². The number of alkyl carbamates (subject to hydrolysis) is 1. The number of nitrogens with zero attached hydrogens (tertiary/aromatic N) is 5. The minimum absolute atomic E-state index is 0.0416. The Morgan fingerprint density at radius 3 is 2.66 bits per heavy atom. The van der Waals surface area contributed by atoms with E-state index in [2.05, 4.69) is 25.8 Å². The van der Waals surface area contributed by atoms with Crippen molar-refractivity contribution in [1.29, 1.82) is 0 Å². The summed E-state index contributed by atoms with van der Waals surface area (Å²) in [5.74, 6) is 0.344. The zero-order valence-corrected chi connectivity index (χ0v) is 16.1. The predicted molar refractivity (Wildman–Crippen MR) is 104 cm³/mol. The molecule has 150 valence electrons. The normalized spacial score (nSPS) is 11.6. The number of Topliss-reactive ketones (excluding diaryl/α,β-unsaturated/α-hetero) is 1. The smallest absolute Gasteiger partial charge is 0.408 e. The Morgan fingerprint density at radius 1 is 1.14 bits per heavy atom. The molecule has 2 heterocycles. The third kappa shape index (κ3) is 5.93. The van der Waals surface area contributed by atoms with Gasteiger partial charge in [-0.15, -0.1) is 5.10 Å². The van der Waals surface area contributed by atoms with Crippen LogP contribution in [0.4, 0.5) is 4.79 Å². The van der Waals surface area contributed by atoms with Crippen LogP contribution in [0.25, 0.3) is 0 Å². The Kier molecular flexibility index (Phi) is 6.99. The van der Waals surface area contributed by atoms with Crippen molar-refractivity contribution in [3.63, 3.8) is 0 Å². The number of hydrogen-bond acceptors (Lipinski definition) is 7. The van der Waals surface area contributed by atoms with Gasteiger partial charge in [0.1, 0.15) is 13.2 Å². The van der Waals surface area contributed by atoms with E-state index in [9.17, 15) is 9.59 Å². The maximum absolute atomic E-state index is 12.7. The standard InChI is InChI=1S/C20H22N6O3/c1-2-17(22-20(28)29-14-15-7-4-3-5-8-15)18(27)13-26-19(23-24-25-26)11-16-9-6-10-21-12-16/h3-10,12,17H,2,11,13-14H2,1H3,(H,22,28). The van der Waals surface area contributed by atoms with Gasteiger partial charge in [-0.1, -0.05) is 43.3 Å². The number of aromatic nitrogens is 5. The lowest BCUT2D eigenvalue weighted by molar-refractivity contribution is -0.121. The van der Waals surface area contributed by atoms with Crippen LogP contribution in [0.2, 0.25) is 0 Å². The molecule has 3 aromatic rings. The Labute approximate surface area is 168 Å². The highest BCUT2D eigenvalue weighted by Gasteiger charge is 2.21. The Hall–Kier alpha value is -3.62. The van der Waals surface area contributed by atoms with Gasteiger partial charge in [0, 0.05) is 18.8 Å². The van der Waals surface area contributed by atoms with Crippen LogP contribution < -0.4 is 5.32 Å². The highest BCUT2D eigenvalue weighted by atomic mass is 16.5. The van der Waals surface area contributed by atoms with Crippen LogP contribution >= 0.6 is 0 Å². The fraction of sp³-hybridized carbons (Fsp3) is 0.300. The summed E-state index contributed by atoms with van der Waals surface area (Å²) < 4.78 is 6.63. The number of tetrazole rings is 1. The topological polar surface area (TPSA) is 112 Å². The van der Waals surface area contributed by atoms with Gasteiger partial charge in [0.15, 0.2) is 11.6 Å². The number of ether oxygens (including phenoxy) is 1. The van der Waals surface area contributed by atoms with Crippen LogP contribution in [0.5, 0.6) is 0 Å². The van der Waals surface area contributed by atoms with Crippen molar-refractivity contribution in [2.75, 3.05) is 0 Å². The number of ketones is 1. The van der Waals surface area contributed by atoms with E-state index in [1.807, 2.05) is 49.4 Å². The van der Waals surface area contributed by atoms with Crippen molar-refractivity contribution in [2.45, 2.75) is 39.0 Å². The first-order valence-electron chi connectivity index (χ1n) is 9.29. The summed E-state index contributed by atoms with van der Waals surface area (Å²) in [5.41, 5.74) is 1.81. The van der Waals surface area contributed by atoms with E-state index >= 15 is 0 Å². The summed E-state index contributed by atoms with van der Waals surface area (Å²) >= 11 is 0. The Bertz CT molecular complexity index is 930. The summed E-state index contributed by atoms with van der Waals surface area (Å²) in [5, 5.41) is 14.2. The molecule has 9 nitrogen and oxygen atoms in total. The summed E-state index contributed by atoms with van der Waals surface area (Å²) in [7, 11) is 0. The summed E-state index contributed by atoms with van der Waals surface area (Å²) in [6, 6.07) is 12.4. The molecule has 2 aromatic heterocycles. The van der Waals surface area contributed by atoms with Gasteiger partial charge < -0.3 is 10.1 Å². The summed E-state index contributed by atoms with van der Waals surface area (Å²) in [4.78, 5) is 28.8. The number of benzene rings is 1. The summed E-state index contributed by atoms with van der Waals surface area (Å²) in [6.45, 7) is 1.91. The molecule has 0 spiro atoms. The number of nitrogens with one attached hydrogen (secondary N) is 1. The molecule has 0 aliphatic rings. The quantitative estimate of drug-likeness (QED) is 0.590. The van der Waals surface area contributed by atoms with E-state index in [-0.39, 0.29) is 18.9 Å². The van der Waals surface area contributed by atoms with Crippen molar-refractivity contribution in [3.8, 4) is 0 Å². The number of amides is 1. The van der Waals surface area contributed by atoms with Crippen molar-refractivity contribution in [2.24, 2.45) is 0 Å². The maximum Gasteiger partial charge on any atom is 0.408 e. The first-order valence-corrected chi connectivity index (χ1v) is 9.29. The summed E-state index contributed by atoms with van der Waals surface area (Å²) in [6.07, 6.45) is 3.66. The van der Waals surface area contributed by atoms with Gasteiger partial charge >= 0.3 is 6.09 Å². The first-order chi connectivity index (χ1) is 14.2. The van der Waals surface area contributed by atoms with Crippen LogP contribution in [-0.2, 0) is 29.1 Å². The molecule has 0 saturated heterocycles. The van der Waals surface area contributed by atoms with Crippen LogP contribution in [-0.4, -0.2) is 43.1 Å². The molecule has 1 unspecified atom stereocenters. The third-order valence-corrected chi connectivity index (χ3v) is 4.30. The molecule has 0 radical (unpaired) electrons. The molecule has 1 amide bonds. The minimum Gasteiger partial charge on any atom is -0.445 e. The second-order valence-corrected chi connectivity index (χ2v) is 6.42. The zero-order valence-electron chi connectivity index (χ0n) is 16.1. The molecular formula is C20H22N6O3. The van der Waals surface area contributed by atoms with Gasteiger partial charge in [-0.05, 0) is 34.0 Å². The average molecular weight is 394 g/mol. The number of pyridine rings is 1. The van der Waals surface area contributed by atoms with Gasteiger partial charge in [-0.3, -0.25) is 9.78 Å². The largest absolute Gasteiger partial charge is 0.445 e. The van der Waals surface area contributed by atoms with Crippen LogP contribution in [0.3, 0.4) is 0 Å². The number of rotatable bonds is 9. The van der Waals surface area contributed by atoms with E-state index in [1.54, 1.807) is 12.4 Å². The molecule has 29 heavy (non-hydrogen) atoms. The molecule has 0 bridgehead atoms.